The van der Waals surface area contributed by atoms with E-state index in [9.17, 15) is 4.79 Å². The number of hydrogen-bond acceptors (Lipinski definition) is 4. The second kappa shape index (κ2) is 6.26. The molecule has 0 spiro atoms. The van der Waals surface area contributed by atoms with Crippen molar-refractivity contribution >= 4 is 5.91 Å². The lowest BCUT2D eigenvalue weighted by Gasteiger charge is -2.46. The predicted molar refractivity (Wildman–Crippen MR) is 98.2 cm³/mol. The van der Waals surface area contributed by atoms with Crippen LogP contribution in [0.4, 0.5) is 0 Å². The van der Waals surface area contributed by atoms with Crippen molar-refractivity contribution in [2.45, 2.75) is 57.7 Å². The summed E-state index contributed by atoms with van der Waals surface area (Å²) in [6.07, 6.45) is 8.86. The van der Waals surface area contributed by atoms with Crippen LogP contribution in [0.25, 0.3) is 11.1 Å². The van der Waals surface area contributed by atoms with Crippen molar-refractivity contribution in [3.63, 3.8) is 0 Å². The molecule has 3 rings (SSSR count). The van der Waals surface area contributed by atoms with Crippen molar-refractivity contribution in [1.82, 2.24) is 25.4 Å². The smallest absolute Gasteiger partial charge is 0.253 e. The van der Waals surface area contributed by atoms with Gasteiger partial charge in [0.05, 0.1) is 11.8 Å². The van der Waals surface area contributed by atoms with Gasteiger partial charge in [-0.1, -0.05) is 0 Å². The van der Waals surface area contributed by atoms with E-state index in [-0.39, 0.29) is 23.0 Å². The second-order valence-electron chi connectivity index (χ2n) is 8.34. The van der Waals surface area contributed by atoms with Crippen LogP contribution in [-0.2, 0) is 7.05 Å². The van der Waals surface area contributed by atoms with Crippen LogP contribution in [0.1, 0.15) is 50.9 Å². The lowest BCUT2D eigenvalue weighted by atomic mass is 9.79. The summed E-state index contributed by atoms with van der Waals surface area (Å²) in [6, 6.07) is 2.01. The molecule has 2 aromatic rings. The number of pyridine rings is 1. The molecular formula is C19H27N5O. The molecule has 1 amide bonds. The van der Waals surface area contributed by atoms with Crippen molar-refractivity contribution in [2.24, 2.45) is 7.05 Å². The van der Waals surface area contributed by atoms with Gasteiger partial charge in [-0.2, -0.15) is 5.10 Å². The van der Waals surface area contributed by atoms with Crippen LogP contribution in [-0.4, -0.2) is 37.8 Å². The minimum Gasteiger partial charge on any atom is -0.349 e. The number of aromatic nitrogens is 3. The molecule has 6 heteroatoms. The number of aryl methyl sites for hydroxylation is 1. The Morgan fingerprint density at radius 1 is 1.16 bits per heavy atom. The highest BCUT2D eigenvalue weighted by Gasteiger charge is 2.38. The van der Waals surface area contributed by atoms with Gasteiger partial charge in [0, 0.05) is 53.9 Å². The van der Waals surface area contributed by atoms with Crippen molar-refractivity contribution in [3.8, 4) is 11.1 Å². The first-order chi connectivity index (χ1) is 11.6. The third-order valence-corrected chi connectivity index (χ3v) is 4.56. The molecule has 0 saturated carbocycles. The normalized spacial score (nSPS) is 19.6. The maximum absolute atomic E-state index is 12.7. The van der Waals surface area contributed by atoms with Crippen LogP contribution in [0.15, 0.2) is 30.9 Å². The lowest BCUT2D eigenvalue weighted by molar-refractivity contribution is 0.0873. The second-order valence-corrected chi connectivity index (χ2v) is 8.34. The predicted octanol–water partition coefficient (Wildman–Crippen LogP) is 2.52. The van der Waals surface area contributed by atoms with E-state index in [0.29, 0.717) is 5.56 Å². The third kappa shape index (κ3) is 4.25. The number of nitrogens with zero attached hydrogens (tertiary/aromatic N) is 3. The molecule has 0 aromatic carbocycles. The first kappa shape index (κ1) is 17.6. The Labute approximate surface area is 149 Å². The molecular weight excluding hydrogens is 314 g/mol. The summed E-state index contributed by atoms with van der Waals surface area (Å²) in [4.78, 5) is 17.0. The van der Waals surface area contributed by atoms with Gasteiger partial charge in [-0.3, -0.25) is 14.5 Å². The monoisotopic (exact) mass is 341 g/mol. The van der Waals surface area contributed by atoms with Gasteiger partial charge in [-0.15, -0.1) is 0 Å². The number of hydrogen-bond donors (Lipinski definition) is 2. The van der Waals surface area contributed by atoms with Crippen molar-refractivity contribution < 1.29 is 4.79 Å². The molecule has 2 N–H and O–H groups in total. The van der Waals surface area contributed by atoms with E-state index in [1.807, 2.05) is 19.3 Å². The third-order valence-electron chi connectivity index (χ3n) is 4.56. The highest BCUT2D eigenvalue weighted by Crippen LogP contribution is 2.28. The highest BCUT2D eigenvalue weighted by molar-refractivity contribution is 5.95. The summed E-state index contributed by atoms with van der Waals surface area (Å²) in [5.41, 5.74) is 2.42. The average molecular weight is 341 g/mol. The van der Waals surface area contributed by atoms with E-state index in [4.69, 9.17) is 0 Å². The summed E-state index contributed by atoms with van der Waals surface area (Å²) < 4.78 is 1.74. The molecule has 0 radical (unpaired) electrons. The molecule has 25 heavy (non-hydrogen) atoms. The topological polar surface area (TPSA) is 71.8 Å². The fourth-order valence-corrected chi connectivity index (χ4v) is 3.99. The summed E-state index contributed by atoms with van der Waals surface area (Å²) >= 11 is 0. The van der Waals surface area contributed by atoms with E-state index in [2.05, 4.69) is 48.4 Å². The van der Waals surface area contributed by atoms with E-state index in [0.717, 1.165) is 24.0 Å². The largest absolute Gasteiger partial charge is 0.349 e. The fraction of sp³-hybridized carbons (Fsp3) is 0.526. The van der Waals surface area contributed by atoms with Gasteiger partial charge in [-0.25, -0.2) is 0 Å². The number of amides is 1. The number of carbonyl (C=O) groups excluding carboxylic acids is 1. The van der Waals surface area contributed by atoms with E-state index >= 15 is 0 Å². The molecule has 0 unspecified atom stereocenters. The minimum atomic E-state index is -0.0725. The first-order valence-electron chi connectivity index (χ1n) is 8.68. The first-order valence-corrected chi connectivity index (χ1v) is 8.68. The van der Waals surface area contributed by atoms with Gasteiger partial charge in [0.15, 0.2) is 0 Å². The van der Waals surface area contributed by atoms with E-state index in [1.54, 1.807) is 23.3 Å². The van der Waals surface area contributed by atoms with Crippen LogP contribution >= 0.6 is 0 Å². The summed E-state index contributed by atoms with van der Waals surface area (Å²) in [7, 11) is 1.87. The summed E-state index contributed by atoms with van der Waals surface area (Å²) in [5, 5.41) is 11.0. The number of nitrogens with one attached hydrogen (secondary N) is 2. The van der Waals surface area contributed by atoms with Gasteiger partial charge in [-0.05, 0) is 46.6 Å². The molecule has 1 aliphatic rings. The fourth-order valence-electron chi connectivity index (χ4n) is 3.99. The quantitative estimate of drug-likeness (QED) is 0.900. The molecule has 0 bridgehead atoms. The van der Waals surface area contributed by atoms with Gasteiger partial charge < -0.3 is 10.6 Å². The van der Waals surface area contributed by atoms with Gasteiger partial charge in [0.2, 0.25) is 0 Å². The van der Waals surface area contributed by atoms with Crippen LogP contribution in [0, 0.1) is 0 Å². The summed E-state index contributed by atoms with van der Waals surface area (Å²) in [6.45, 7) is 8.71. The number of rotatable bonds is 3. The zero-order valence-electron chi connectivity index (χ0n) is 15.6. The van der Waals surface area contributed by atoms with Crippen molar-refractivity contribution in [1.29, 1.82) is 0 Å². The Kier molecular flexibility index (Phi) is 4.41. The molecule has 3 heterocycles. The molecule has 134 valence electrons. The maximum Gasteiger partial charge on any atom is 0.253 e. The van der Waals surface area contributed by atoms with Crippen LogP contribution < -0.4 is 10.6 Å². The minimum absolute atomic E-state index is 0.00446. The van der Waals surface area contributed by atoms with Crippen molar-refractivity contribution in [3.05, 3.63) is 36.4 Å². The Balaban J connectivity index is 1.75. The van der Waals surface area contributed by atoms with Gasteiger partial charge >= 0.3 is 0 Å². The van der Waals surface area contributed by atoms with Gasteiger partial charge in [0.25, 0.3) is 5.91 Å². The Morgan fingerprint density at radius 2 is 1.84 bits per heavy atom. The zero-order chi connectivity index (χ0) is 18.2. The zero-order valence-corrected chi connectivity index (χ0v) is 15.6. The Hall–Kier alpha value is -2.21. The highest BCUT2D eigenvalue weighted by atomic mass is 16.1. The lowest BCUT2D eigenvalue weighted by Crippen LogP contribution is -2.62. The average Bonchev–Trinajstić information content (AvgIpc) is 2.90. The number of carbonyl (C=O) groups is 1. The molecule has 6 nitrogen and oxygen atoms in total. The molecule has 2 aromatic heterocycles. The molecule has 1 saturated heterocycles. The van der Waals surface area contributed by atoms with E-state index < -0.39 is 0 Å². The van der Waals surface area contributed by atoms with Crippen LogP contribution in [0.2, 0.25) is 0 Å². The van der Waals surface area contributed by atoms with Crippen molar-refractivity contribution in [2.75, 3.05) is 0 Å². The summed E-state index contributed by atoms with van der Waals surface area (Å²) in [5.74, 6) is -0.0725. The Morgan fingerprint density at radius 3 is 2.44 bits per heavy atom. The molecule has 0 atom stereocenters. The standard InChI is InChI=1S/C19H27N5O/c1-18(2)7-16(8-19(3,4)23-18)22-17(25)14-6-13(9-20-10-14)15-11-21-24(5)12-15/h6,9-12,16,23H,7-8H2,1-5H3,(H,22,25). The number of piperidine rings is 1. The van der Waals surface area contributed by atoms with E-state index in [1.165, 1.54) is 0 Å². The SMILES string of the molecule is Cn1cc(-c2cncc(C(=O)NC3CC(C)(C)NC(C)(C)C3)c2)cn1. The van der Waals surface area contributed by atoms with Gasteiger partial charge in [0.1, 0.15) is 0 Å². The maximum atomic E-state index is 12.7. The van der Waals surface area contributed by atoms with Crippen LogP contribution in [0.5, 0.6) is 0 Å². The van der Waals surface area contributed by atoms with Crippen LogP contribution in [0.3, 0.4) is 0 Å². The molecule has 1 fully saturated rings. The molecule has 0 aliphatic carbocycles. The Bertz CT molecular complexity index is 762. The molecule has 1 aliphatic heterocycles.